The van der Waals surface area contributed by atoms with Crippen molar-refractivity contribution in [1.29, 1.82) is 0 Å². The van der Waals surface area contributed by atoms with Gasteiger partial charge in [0.15, 0.2) is 5.78 Å². The summed E-state index contributed by atoms with van der Waals surface area (Å²) in [7, 11) is 1.29. The number of benzene rings is 2. The van der Waals surface area contributed by atoms with E-state index in [0.29, 0.717) is 17.8 Å². The van der Waals surface area contributed by atoms with Gasteiger partial charge in [0.05, 0.1) is 19.6 Å². The van der Waals surface area contributed by atoms with Gasteiger partial charge in [0.1, 0.15) is 6.04 Å². The third-order valence-electron chi connectivity index (χ3n) is 5.15. The summed E-state index contributed by atoms with van der Waals surface area (Å²) in [5, 5.41) is 15.4. The van der Waals surface area contributed by atoms with Crippen molar-refractivity contribution >= 4 is 23.4 Å². The molecule has 0 aliphatic heterocycles. The molecule has 0 bridgehead atoms. The Bertz CT molecular complexity index is 885. The highest BCUT2D eigenvalue weighted by Gasteiger charge is 2.25. The lowest BCUT2D eigenvalue weighted by Gasteiger charge is -2.21. The van der Waals surface area contributed by atoms with Crippen molar-refractivity contribution in [3.63, 3.8) is 0 Å². The summed E-state index contributed by atoms with van der Waals surface area (Å²) in [6.45, 7) is 4.22. The first-order valence-corrected chi connectivity index (χ1v) is 10.3. The van der Waals surface area contributed by atoms with Gasteiger partial charge in [-0.05, 0) is 43.5 Å². The van der Waals surface area contributed by atoms with Crippen molar-refractivity contribution in [3.05, 3.63) is 65.7 Å². The Hall–Kier alpha value is -3.19. The normalized spacial score (nSPS) is 13.6. The molecule has 2 aromatic carbocycles. The van der Waals surface area contributed by atoms with Gasteiger partial charge >= 0.3 is 11.9 Å². The number of ether oxygens (including phenoxy) is 1. The Kier molecular flexibility index (Phi) is 9.21. The molecule has 2 aromatic rings. The third-order valence-corrected chi connectivity index (χ3v) is 5.15. The molecule has 0 aromatic heterocycles. The molecule has 0 saturated carbocycles. The van der Waals surface area contributed by atoms with E-state index >= 15 is 0 Å². The van der Waals surface area contributed by atoms with E-state index in [1.807, 2.05) is 18.2 Å². The molecule has 0 aliphatic carbocycles. The fraction of sp³-hybridized carbons (Fsp3) is 0.375. The molecule has 7 nitrogen and oxygen atoms in total. The first-order chi connectivity index (χ1) is 14.8. The number of hydrogen-bond acceptors (Lipinski definition) is 6. The van der Waals surface area contributed by atoms with E-state index in [2.05, 4.69) is 29.7 Å². The summed E-state index contributed by atoms with van der Waals surface area (Å²) in [6.07, 6.45) is 0.423. The largest absolute Gasteiger partial charge is 0.481 e. The first-order valence-electron chi connectivity index (χ1n) is 10.3. The predicted molar refractivity (Wildman–Crippen MR) is 119 cm³/mol. The van der Waals surface area contributed by atoms with Crippen molar-refractivity contribution in [2.24, 2.45) is 0 Å². The zero-order valence-electron chi connectivity index (χ0n) is 18.1. The SMILES string of the molecule is COC(=O)C(C)Nc1ccccc1C(=O)[C@H](CC(=O)O)NCCC(C)c1ccccc1. The van der Waals surface area contributed by atoms with Gasteiger partial charge in [-0.25, -0.2) is 4.79 Å². The topological polar surface area (TPSA) is 105 Å². The minimum Gasteiger partial charge on any atom is -0.481 e. The second-order valence-electron chi connectivity index (χ2n) is 7.50. The van der Waals surface area contributed by atoms with Crippen LogP contribution in [0.15, 0.2) is 54.6 Å². The zero-order valence-corrected chi connectivity index (χ0v) is 18.1. The van der Waals surface area contributed by atoms with E-state index in [4.69, 9.17) is 4.74 Å². The monoisotopic (exact) mass is 426 g/mol. The van der Waals surface area contributed by atoms with Crippen LogP contribution in [0.5, 0.6) is 0 Å². The van der Waals surface area contributed by atoms with Crippen LogP contribution in [0.4, 0.5) is 5.69 Å². The Labute approximate surface area is 182 Å². The number of anilines is 1. The molecule has 3 atom stereocenters. The molecule has 3 N–H and O–H groups in total. The van der Waals surface area contributed by atoms with Gasteiger partial charge in [-0.3, -0.25) is 9.59 Å². The van der Waals surface area contributed by atoms with Gasteiger partial charge in [0.2, 0.25) is 0 Å². The van der Waals surface area contributed by atoms with Crippen LogP contribution in [0.3, 0.4) is 0 Å². The molecule has 166 valence electrons. The average molecular weight is 427 g/mol. The summed E-state index contributed by atoms with van der Waals surface area (Å²) in [6, 6.07) is 15.2. The third kappa shape index (κ3) is 7.22. The second-order valence-corrected chi connectivity index (χ2v) is 7.50. The standard InChI is InChI=1S/C24H30N2O5/c1-16(18-9-5-4-6-10-18)13-14-25-21(15-22(27)28)23(29)19-11-7-8-12-20(19)26-17(2)24(30)31-3/h4-12,16-17,21,25-26H,13-15H2,1-3H3,(H,27,28)/t16?,17?,21-/m0/s1. The minimum atomic E-state index is -1.06. The Morgan fingerprint density at radius 2 is 1.65 bits per heavy atom. The highest BCUT2D eigenvalue weighted by Crippen LogP contribution is 2.21. The Morgan fingerprint density at radius 1 is 1.00 bits per heavy atom. The lowest BCUT2D eigenvalue weighted by atomic mass is 9.96. The smallest absolute Gasteiger partial charge is 0.327 e. The lowest BCUT2D eigenvalue weighted by molar-refractivity contribution is -0.141. The van der Waals surface area contributed by atoms with E-state index in [1.165, 1.54) is 12.7 Å². The van der Waals surface area contributed by atoms with E-state index in [-0.39, 0.29) is 18.1 Å². The summed E-state index contributed by atoms with van der Waals surface area (Å²) in [4.78, 5) is 36.3. The molecular weight excluding hydrogens is 396 g/mol. The van der Waals surface area contributed by atoms with Gasteiger partial charge in [0.25, 0.3) is 0 Å². The lowest BCUT2D eigenvalue weighted by Crippen LogP contribution is -2.40. The molecule has 0 aliphatic rings. The second kappa shape index (κ2) is 11.9. The molecule has 0 heterocycles. The van der Waals surface area contributed by atoms with Crippen LogP contribution in [-0.2, 0) is 14.3 Å². The molecule has 31 heavy (non-hydrogen) atoms. The van der Waals surface area contributed by atoms with Crippen molar-refractivity contribution in [2.75, 3.05) is 19.0 Å². The molecule has 0 saturated heterocycles. The van der Waals surface area contributed by atoms with E-state index in [1.54, 1.807) is 31.2 Å². The van der Waals surface area contributed by atoms with Crippen molar-refractivity contribution in [3.8, 4) is 0 Å². The molecule has 0 radical (unpaired) electrons. The number of hydrogen-bond donors (Lipinski definition) is 3. The quantitative estimate of drug-likeness (QED) is 0.353. The van der Waals surface area contributed by atoms with Gasteiger partial charge in [-0.1, -0.05) is 49.4 Å². The summed E-state index contributed by atoms with van der Waals surface area (Å²) >= 11 is 0. The number of rotatable bonds is 12. The van der Waals surface area contributed by atoms with Crippen LogP contribution in [-0.4, -0.2) is 48.6 Å². The van der Waals surface area contributed by atoms with Crippen LogP contribution in [0.25, 0.3) is 0 Å². The fourth-order valence-electron chi connectivity index (χ4n) is 3.34. The highest BCUT2D eigenvalue weighted by molar-refractivity contribution is 6.06. The molecule has 0 spiro atoms. The van der Waals surface area contributed by atoms with E-state index < -0.39 is 24.0 Å². The van der Waals surface area contributed by atoms with Crippen molar-refractivity contribution < 1.29 is 24.2 Å². The predicted octanol–water partition coefficient (Wildman–Crippen LogP) is 3.47. The van der Waals surface area contributed by atoms with E-state index in [0.717, 1.165) is 6.42 Å². The van der Waals surface area contributed by atoms with Crippen LogP contribution in [0.2, 0.25) is 0 Å². The Balaban J connectivity index is 2.10. The first kappa shape index (κ1) is 24.1. The molecular formula is C24H30N2O5. The summed E-state index contributed by atoms with van der Waals surface area (Å²) in [5.74, 6) is -1.59. The molecule has 0 amide bonds. The van der Waals surface area contributed by atoms with Gasteiger partial charge in [-0.15, -0.1) is 0 Å². The number of methoxy groups -OCH3 is 1. The van der Waals surface area contributed by atoms with E-state index in [9.17, 15) is 19.5 Å². The van der Waals surface area contributed by atoms with Crippen molar-refractivity contribution in [1.82, 2.24) is 5.32 Å². The molecule has 2 unspecified atom stereocenters. The van der Waals surface area contributed by atoms with Crippen LogP contribution in [0.1, 0.15) is 48.5 Å². The number of carbonyl (C=O) groups excluding carboxylic acids is 2. The number of carbonyl (C=O) groups is 3. The highest BCUT2D eigenvalue weighted by atomic mass is 16.5. The number of ketones is 1. The number of aliphatic carboxylic acids is 1. The number of Topliss-reactive ketones (excluding diaryl/α,β-unsaturated/α-hetero) is 1. The van der Waals surface area contributed by atoms with Crippen molar-refractivity contribution in [2.45, 2.75) is 44.7 Å². The van der Waals surface area contributed by atoms with Gasteiger partial charge in [0, 0.05) is 11.3 Å². The number of carboxylic acids is 1. The molecule has 7 heteroatoms. The summed E-state index contributed by atoms with van der Waals surface area (Å²) in [5.41, 5.74) is 1.98. The van der Waals surface area contributed by atoms with Gasteiger partial charge in [-0.2, -0.15) is 0 Å². The minimum absolute atomic E-state index is 0.268. The number of esters is 1. The van der Waals surface area contributed by atoms with Crippen LogP contribution in [0, 0.1) is 0 Å². The summed E-state index contributed by atoms with van der Waals surface area (Å²) < 4.78 is 4.72. The van der Waals surface area contributed by atoms with Crippen LogP contribution < -0.4 is 10.6 Å². The number of carboxylic acid groups (broad SMARTS) is 1. The molecule has 0 fully saturated rings. The maximum absolute atomic E-state index is 13.2. The van der Waals surface area contributed by atoms with Crippen LogP contribution >= 0.6 is 0 Å². The zero-order chi connectivity index (χ0) is 22.8. The maximum atomic E-state index is 13.2. The van der Waals surface area contributed by atoms with Gasteiger partial charge < -0.3 is 20.5 Å². The molecule has 2 rings (SSSR count). The Morgan fingerprint density at radius 3 is 2.29 bits per heavy atom. The average Bonchev–Trinajstić information content (AvgIpc) is 2.77. The fourth-order valence-corrected chi connectivity index (χ4v) is 3.34. The maximum Gasteiger partial charge on any atom is 0.327 e. The number of nitrogens with one attached hydrogen (secondary N) is 2. The number of para-hydroxylation sites is 1.